The quantitative estimate of drug-likeness (QED) is 0.896. The van der Waals surface area contributed by atoms with Crippen molar-refractivity contribution in [3.8, 4) is 17.5 Å². The van der Waals surface area contributed by atoms with Crippen LogP contribution in [0.3, 0.4) is 0 Å². The highest BCUT2D eigenvalue weighted by atomic mass is 16.5. The molecule has 0 radical (unpaired) electrons. The number of nitriles is 1. The fourth-order valence-electron chi connectivity index (χ4n) is 3.63. The van der Waals surface area contributed by atoms with Gasteiger partial charge < -0.3 is 15.0 Å². The molecule has 2 aromatic rings. The molecule has 26 heavy (non-hydrogen) atoms. The molecule has 0 saturated carbocycles. The van der Waals surface area contributed by atoms with Crippen LogP contribution in [0.4, 0.5) is 0 Å². The fraction of sp³-hybridized carbons (Fsp3) is 0.368. The van der Waals surface area contributed by atoms with Crippen LogP contribution in [-0.2, 0) is 11.3 Å². The molecule has 0 aromatic carbocycles. The molecule has 0 bridgehead atoms. The Kier molecular flexibility index (Phi) is 4.37. The first kappa shape index (κ1) is 16.6. The Labute approximate surface area is 151 Å². The molecule has 1 amide bonds. The number of carbonyl (C=O) groups is 1. The highest BCUT2D eigenvalue weighted by molar-refractivity contribution is 5.97. The maximum atomic E-state index is 12.9. The third-order valence-electron chi connectivity index (χ3n) is 4.94. The topological polar surface area (TPSA) is 91.1 Å². The summed E-state index contributed by atoms with van der Waals surface area (Å²) >= 11 is 0. The van der Waals surface area contributed by atoms with Crippen LogP contribution in [0.1, 0.15) is 28.0 Å². The molecule has 0 aliphatic carbocycles. The summed E-state index contributed by atoms with van der Waals surface area (Å²) in [6.07, 6.45) is 2.46. The predicted octanol–water partition coefficient (Wildman–Crippen LogP) is 1.35. The lowest BCUT2D eigenvalue weighted by Gasteiger charge is -2.22. The van der Waals surface area contributed by atoms with Crippen LogP contribution >= 0.6 is 0 Å². The average Bonchev–Trinajstić information content (AvgIpc) is 3.26. The number of fused-ring (bicyclic) bond motifs is 1. The van der Waals surface area contributed by atoms with E-state index in [9.17, 15) is 4.79 Å². The molecule has 4 heterocycles. The maximum Gasteiger partial charge on any atom is 0.273 e. The summed E-state index contributed by atoms with van der Waals surface area (Å²) in [5.74, 6) is -0.0387. The van der Waals surface area contributed by atoms with Crippen molar-refractivity contribution in [2.75, 3.05) is 20.3 Å². The van der Waals surface area contributed by atoms with Crippen LogP contribution in [0.5, 0.6) is 0 Å². The van der Waals surface area contributed by atoms with E-state index in [1.807, 2.05) is 17.0 Å². The van der Waals surface area contributed by atoms with E-state index in [4.69, 9.17) is 10.00 Å². The van der Waals surface area contributed by atoms with Crippen molar-refractivity contribution in [1.82, 2.24) is 20.2 Å². The summed E-state index contributed by atoms with van der Waals surface area (Å²) < 4.78 is 5.20. The number of carbonyl (C=O) groups excluding carboxylic acids is 1. The fourth-order valence-corrected chi connectivity index (χ4v) is 3.63. The van der Waals surface area contributed by atoms with E-state index in [1.165, 1.54) is 0 Å². The number of hydrogen-bond acceptors (Lipinski definition) is 6. The van der Waals surface area contributed by atoms with Gasteiger partial charge in [-0.15, -0.1) is 0 Å². The normalized spacial score (nSPS) is 21.7. The van der Waals surface area contributed by atoms with Gasteiger partial charge in [-0.1, -0.05) is 6.07 Å². The van der Waals surface area contributed by atoms with Gasteiger partial charge in [0.25, 0.3) is 5.91 Å². The number of ether oxygens (including phenoxy) is 1. The van der Waals surface area contributed by atoms with Gasteiger partial charge in [-0.05, 0) is 24.6 Å². The van der Waals surface area contributed by atoms with Crippen LogP contribution in [0, 0.1) is 11.3 Å². The molecule has 7 nitrogen and oxygen atoms in total. The van der Waals surface area contributed by atoms with Crippen LogP contribution in [0.2, 0.25) is 0 Å². The van der Waals surface area contributed by atoms with Gasteiger partial charge in [0.05, 0.1) is 29.6 Å². The van der Waals surface area contributed by atoms with Crippen molar-refractivity contribution < 1.29 is 9.53 Å². The summed E-state index contributed by atoms with van der Waals surface area (Å²) in [6, 6.07) is 9.66. The van der Waals surface area contributed by atoms with Crippen LogP contribution in [0.15, 0.2) is 30.5 Å². The van der Waals surface area contributed by atoms with Gasteiger partial charge in [-0.25, -0.2) is 4.98 Å². The Bertz CT molecular complexity index is 892. The summed E-state index contributed by atoms with van der Waals surface area (Å²) in [5, 5.41) is 12.4. The summed E-state index contributed by atoms with van der Waals surface area (Å²) in [7, 11) is 1.69. The average molecular weight is 349 g/mol. The summed E-state index contributed by atoms with van der Waals surface area (Å²) in [6.45, 7) is 2.00. The lowest BCUT2D eigenvalue weighted by molar-refractivity contribution is 0.0707. The van der Waals surface area contributed by atoms with Gasteiger partial charge >= 0.3 is 0 Å². The van der Waals surface area contributed by atoms with E-state index >= 15 is 0 Å². The minimum Gasteiger partial charge on any atom is -0.383 e. The first-order valence-electron chi connectivity index (χ1n) is 8.59. The molecule has 2 aliphatic rings. The van der Waals surface area contributed by atoms with Gasteiger partial charge in [0, 0.05) is 44.0 Å². The highest BCUT2D eigenvalue weighted by Crippen LogP contribution is 2.28. The van der Waals surface area contributed by atoms with E-state index in [0.29, 0.717) is 35.8 Å². The Hall–Kier alpha value is -2.82. The zero-order chi connectivity index (χ0) is 18.1. The third kappa shape index (κ3) is 2.94. The molecule has 1 fully saturated rings. The summed E-state index contributed by atoms with van der Waals surface area (Å²) in [4.78, 5) is 23.6. The Balaban J connectivity index is 1.57. The Morgan fingerprint density at radius 2 is 2.27 bits per heavy atom. The van der Waals surface area contributed by atoms with Crippen LogP contribution < -0.4 is 5.32 Å². The minimum atomic E-state index is -0.0387. The Morgan fingerprint density at radius 3 is 3.08 bits per heavy atom. The van der Waals surface area contributed by atoms with Crippen LogP contribution in [0.25, 0.3) is 11.4 Å². The van der Waals surface area contributed by atoms with Crippen molar-refractivity contribution in [2.45, 2.75) is 25.0 Å². The molecule has 132 valence electrons. The minimum absolute atomic E-state index is 0.0387. The number of aromatic nitrogens is 2. The predicted molar refractivity (Wildman–Crippen MR) is 94.1 cm³/mol. The second kappa shape index (κ2) is 6.83. The van der Waals surface area contributed by atoms with Gasteiger partial charge in [-0.2, -0.15) is 5.26 Å². The van der Waals surface area contributed by atoms with E-state index in [-0.39, 0.29) is 18.0 Å². The number of nitrogens with one attached hydrogen (secondary N) is 1. The number of rotatable bonds is 4. The second-order valence-electron chi connectivity index (χ2n) is 6.63. The van der Waals surface area contributed by atoms with Crippen molar-refractivity contribution in [3.05, 3.63) is 47.3 Å². The van der Waals surface area contributed by atoms with Crippen molar-refractivity contribution in [3.63, 3.8) is 0 Å². The molecular weight excluding hydrogens is 330 g/mol. The van der Waals surface area contributed by atoms with Crippen LogP contribution in [-0.4, -0.2) is 53.1 Å². The number of hydrogen-bond donors (Lipinski definition) is 1. The molecule has 0 spiro atoms. The van der Waals surface area contributed by atoms with Crippen molar-refractivity contribution in [1.29, 1.82) is 5.26 Å². The molecule has 4 rings (SSSR count). The molecule has 2 atom stereocenters. The zero-order valence-corrected chi connectivity index (χ0v) is 14.5. The van der Waals surface area contributed by atoms with E-state index in [2.05, 4.69) is 21.4 Å². The van der Waals surface area contributed by atoms with E-state index < -0.39 is 0 Å². The summed E-state index contributed by atoms with van der Waals surface area (Å²) in [5.41, 5.74) is 3.15. The largest absolute Gasteiger partial charge is 0.383 e. The first-order chi connectivity index (χ1) is 12.7. The van der Waals surface area contributed by atoms with Gasteiger partial charge in [0.1, 0.15) is 5.69 Å². The van der Waals surface area contributed by atoms with Gasteiger partial charge in [0.15, 0.2) is 0 Å². The number of amides is 1. The Morgan fingerprint density at radius 1 is 1.38 bits per heavy atom. The molecule has 1 saturated heterocycles. The molecule has 2 aromatic heterocycles. The maximum absolute atomic E-state index is 12.9. The van der Waals surface area contributed by atoms with Crippen molar-refractivity contribution >= 4 is 5.91 Å². The second-order valence-corrected chi connectivity index (χ2v) is 6.63. The first-order valence-corrected chi connectivity index (χ1v) is 8.59. The molecular formula is C19H19N5O2. The number of methoxy groups -OCH3 is 1. The van der Waals surface area contributed by atoms with Gasteiger partial charge in [-0.3, -0.25) is 9.78 Å². The molecule has 7 heteroatoms. The van der Waals surface area contributed by atoms with E-state index in [1.54, 1.807) is 25.4 Å². The number of pyridine rings is 2. The van der Waals surface area contributed by atoms with Gasteiger partial charge in [0.2, 0.25) is 0 Å². The third-order valence-corrected chi connectivity index (χ3v) is 4.94. The molecule has 0 unspecified atom stereocenters. The zero-order valence-electron chi connectivity index (χ0n) is 14.5. The monoisotopic (exact) mass is 349 g/mol. The number of nitrogens with zero attached hydrogens (tertiary/aromatic N) is 4. The SMILES string of the molecule is COC[C@@H]1C[C@@H](N2Cc3ccc(-c4cc(C#N)ccn4)nc3C2=O)CN1. The van der Waals surface area contributed by atoms with Crippen molar-refractivity contribution in [2.24, 2.45) is 0 Å². The highest BCUT2D eigenvalue weighted by Gasteiger charge is 2.37. The smallest absolute Gasteiger partial charge is 0.273 e. The molecule has 1 N–H and O–H groups in total. The van der Waals surface area contributed by atoms with E-state index in [0.717, 1.165) is 18.5 Å². The lowest BCUT2D eigenvalue weighted by Crippen LogP contribution is -2.37. The molecule has 2 aliphatic heterocycles. The lowest BCUT2D eigenvalue weighted by atomic mass is 10.1. The standard InChI is InChI=1S/C19H19N5O2/c1-26-11-14-7-15(9-22-14)24-10-13-2-3-16(23-18(13)19(24)25)17-6-12(8-20)4-5-21-17/h2-6,14-15,22H,7,9-11H2,1H3/t14-,15+/m0/s1.